The van der Waals surface area contributed by atoms with Crippen molar-refractivity contribution in [2.75, 3.05) is 36.2 Å². The number of ether oxygens (including phenoxy) is 2. The summed E-state index contributed by atoms with van der Waals surface area (Å²) < 4.78 is 14.9. The van der Waals surface area contributed by atoms with Gasteiger partial charge < -0.3 is 39.5 Å². The van der Waals surface area contributed by atoms with Crippen LogP contribution in [0.4, 0.5) is 22.7 Å². The molecule has 0 bridgehead atoms. The normalized spacial score (nSPS) is 14.3. The molecule has 1 saturated heterocycles. The predicted octanol–water partition coefficient (Wildman–Crippen LogP) is 7.47. The van der Waals surface area contributed by atoms with Crippen molar-refractivity contribution in [3.63, 3.8) is 0 Å². The molecule has 3 aromatic heterocycles. The number of aryl methyl sites for hydroxylation is 2. The number of piperidine rings is 1. The SMILES string of the molecule is CC.COc1cc2c(cc1OCCCC(=O)Nc1cc(C(=O)Nc3ccc(-c4cc(C(=O)Nc5ccncc5)n(C)c4)cc3)n(C)c1)N=C[C@@H]1CCCCN1C2=O. The third-order valence-corrected chi connectivity index (χ3v) is 9.69. The summed E-state index contributed by atoms with van der Waals surface area (Å²) in [6.07, 6.45) is 12.2. The maximum absolute atomic E-state index is 13.3. The number of fused-ring (bicyclic) bond motifs is 2. The zero-order valence-electron chi connectivity index (χ0n) is 32.9. The maximum Gasteiger partial charge on any atom is 0.272 e. The van der Waals surface area contributed by atoms with E-state index < -0.39 is 0 Å². The predicted molar refractivity (Wildman–Crippen MR) is 221 cm³/mol. The summed E-state index contributed by atoms with van der Waals surface area (Å²) in [5.41, 5.74) is 5.36. The molecule has 0 saturated carbocycles. The van der Waals surface area contributed by atoms with Crippen LogP contribution in [0.3, 0.4) is 0 Å². The lowest BCUT2D eigenvalue weighted by Gasteiger charge is -2.32. The van der Waals surface area contributed by atoms with Crippen LogP contribution in [-0.2, 0) is 18.9 Å². The van der Waals surface area contributed by atoms with E-state index in [4.69, 9.17) is 9.47 Å². The van der Waals surface area contributed by atoms with Crippen LogP contribution in [0.2, 0.25) is 0 Å². The van der Waals surface area contributed by atoms with Crippen molar-refractivity contribution in [2.45, 2.75) is 52.0 Å². The van der Waals surface area contributed by atoms with Crippen molar-refractivity contribution >= 4 is 52.6 Å². The van der Waals surface area contributed by atoms with E-state index in [1.165, 1.54) is 7.11 Å². The minimum Gasteiger partial charge on any atom is -0.493 e. The van der Waals surface area contributed by atoms with Crippen LogP contribution >= 0.6 is 0 Å². The number of rotatable bonds is 12. The molecule has 1 fully saturated rings. The van der Waals surface area contributed by atoms with E-state index in [2.05, 4.69) is 25.9 Å². The second-order valence-electron chi connectivity index (χ2n) is 13.5. The highest BCUT2D eigenvalue weighted by atomic mass is 16.5. The number of hydrogen-bond acceptors (Lipinski definition) is 8. The lowest BCUT2D eigenvalue weighted by atomic mass is 10.0. The lowest BCUT2D eigenvalue weighted by Crippen LogP contribution is -2.43. The molecule has 57 heavy (non-hydrogen) atoms. The molecule has 296 valence electrons. The molecule has 7 rings (SSSR count). The standard InChI is InChI=1S/C41H42N8O6.C2H6/c1-47-24-27(19-34(47)39(51)46-29-13-15-42-16-14-29)26-9-11-28(12-10-26)45-40(52)35-20-30(25-48(35)2)44-38(50)8-6-18-55-37-22-33-32(21-36(37)54-3)41(53)49-17-5-4-7-31(49)23-43-33;1-2/h9-16,19-25,31H,4-8,17-18H2,1-3H3,(H,44,50)(H,45,52)(H,42,46,51);1-2H3/t31-;/m0./s1. The highest BCUT2D eigenvalue weighted by Crippen LogP contribution is 2.38. The fourth-order valence-electron chi connectivity index (χ4n) is 6.80. The number of amides is 4. The quantitative estimate of drug-likeness (QED) is 0.111. The summed E-state index contributed by atoms with van der Waals surface area (Å²) in [6.45, 7) is 4.95. The van der Waals surface area contributed by atoms with E-state index in [1.54, 1.807) is 77.2 Å². The molecule has 4 amide bonds. The van der Waals surface area contributed by atoms with Gasteiger partial charge in [-0.15, -0.1) is 0 Å². The molecule has 2 aliphatic heterocycles. The van der Waals surface area contributed by atoms with Gasteiger partial charge in [0.15, 0.2) is 11.5 Å². The van der Waals surface area contributed by atoms with Crippen LogP contribution < -0.4 is 25.4 Å². The smallest absolute Gasteiger partial charge is 0.272 e. The highest BCUT2D eigenvalue weighted by molar-refractivity contribution is 6.06. The minimum absolute atomic E-state index is 0.00625. The molecule has 14 heteroatoms. The van der Waals surface area contributed by atoms with Gasteiger partial charge in [-0.1, -0.05) is 26.0 Å². The van der Waals surface area contributed by atoms with Crippen LogP contribution in [0.5, 0.6) is 11.5 Å². The van der Waals surface area contributed by atoms with Gasteiger partial charge in [0.2, 0.25) is 5.91 Å². The Morgan fingerprint density at radius 2 is 1.47 bits per heavy atom. The Balaban J connectivity index is 0.00000270. The Hall–Kier alpha value is -6.70. The number of anilines is 3. The van der Waals surface area contributed by atoms with Gasteiger partial charge in [0.05, 0.1) is 36.7 Å². The highest BCUT2D eigenvalue weighted by Gasteiger charge is 2.31. The first-order chi connectivity index (χ1) is 27.7. The fraction of sp³-hybridized carbons (Fsp3) is 0.302. The summed E-state index contributed by atoms with van der Waals surface area (Å²) in [5.74, 6) is 0.0316. The molecular formula is C43H48N8O6. The number of carbonyl (C=O) groups excluding carboxylic acids is 4. The van der Waals surface area contributed by atoms with E-state index in [1.807, 2.05) is 56.4 Å². The van der Waals surface area contributed by atoms with Gasteiger partial charge in [-0.05, 0) is 73.7 Å². The van der Waals surface area contributed by atoms with Crippen molar-refractivity contribution in [1.29, 1.82) is 0 Å². The largest absolute Gasteiger partial charge is 0.493 e. The Bertz CT molecular complexity index is 2260. The monoisotopic (exact) mass is 772 g/mol. The molecule has 0 spiro atoms. The van der Waals surface area contributed by atoms with Crippen LogP contribution in [0.25, 0.3) is 11.1 Å². The first-order valence-corrected chi connectivity index (χ1v) is 19.1. The van der Waals surface area contributed by atoms with Crippen molar-refractivity contribution < 1.29 is 28.7 Å². The first-order valence-electron chi connectivity index (χ1n) is 19.1. The molecule has 1 atom stereocenters. The zero-order chi connectivity index (χ0) is 40.5. The molecule has 0 radical (unpaired) electrons. The number of pyridine rings is 1. The summed E-state index contributed by atoms with van der Waals surface area (Å²) >= 11 is 0. The molecule has 14 nitrogen and oxygen atoms in total. The van der Waals surface area contributed by atoms with Crippen LogP contribution in [0.15, 0.2) is 90.4 Å². The average molecular weight is 773 g/mol. The van der Waals surface area contributed by atoms with Crippen molar-refractivity contribution in [1.82, 2.24) is 19.0 Å². The Morgan fingerprint density at radius 3 is 2.19 bits per heavy atom. The van der Waals surface area contributed by atoms with Crippen molar-refractivity contribution in [3.8, 4) is 22.6 Å². The van der Waals surface area contributed by atoms with Gasteiger partial charge in [0.1, 0.15) is 11.4 Å². The summed E-state index contributed by atoms with van der Waals surface area (Å²) in [5, 5.41) is 8.64. The average Bonchev–Trinajstić information content (AvgIpc) is 3.77. The molecule has 5 heterocycles. The molecule has 3 N–H and O–H groups in total. The Kier molecular flexibility index (Phi) is 12.8. The maximum atomic E-state index is 13.3. The fourth-order valence-corrected chi connectivity index (χ4v) is 6.80. The third kappa shape index (κ3) is 9.40. The van der Waals surface area contributed by atoms with Gasteiger partial charge in [-0.2, -0.15) is 0 Å². The van der Waals surface area contributed by atoms with Crippen LogP contribution in [-0.4, -0.2) is 75.2 Å². The topological polar surface area (TPSA) is 161 Å². The summed E-state index contributed by atoms with van der Waals surface area (Å²) in [4.78, 5) is 62.6. The molecule has 2 aromatic carbocycles. The number of aliphatic imine (C=N–C) groups is 1. The van der Waals surface area contributed by atoms with E-state index in [-0.39, 0.29) is 42.7 Å². The van der Waals surface area contributed by atoms with Crippen molar-refractivity contribution in [2.24, 2.45) is 19.1 Å². The molecule has 2 aliphatic rings. The van der Waals surface area contributed by atoms with E-state index in [0.717, 1.165) is 30.4 Å². The number of hydrogen-bond donors (Lipinski definition) is 3. The molecule has 0 aliphatic carbocycles. The van der Waals surface area contributed by atoms with Gasteiger partial charge in [-0.25, -0.2) is 0 Å². The van der Waals surface area contributed by atoms with Gasteiger partial charge in [-0.3, -0.25) is 29.2 Å². The van der Waals surface area contributed by atoms with E-state index >= 15 is 0 Å². The van der Waals surface area contributed by atoms with Crippen LogP contribution in [0, 0.1) is 0 Å². The number of nitrogens with zero attached hydrogens (tertiary/aromatic N) is 5. The number of benzene rings is 2. The van der Waals surface area contributed by atoms with Gasteiger partial charge in [0, 0.05) is 81.1 Å². The third-order valence-electron chi connectivity index (χ3n) is 9.69. The number of methoxy groups -OCH3 is 1. The Morgan fingerprint density at radius 1 is 0.789 bits per heavy atom. The Labute approximate surface area is 331 Å². The second kappa shape index (κ2) is 18.3. The van der Waals surface area contributed by atoms with E-state index in [9.17, 15) is 19.2 Å². The van der Waals surface area contributed by atoms with Gasteiger partial charge in [0.25, 0.3) is 17.7 Å². The lowest BCUT2D eigenvalue weighted by molar-refractivity contribution is -0.116. The number of nitrogens with one attached hydrogen (secondary N) is 3. The van der Waals surface area contributed by atoms with Gasteiger partial charge >= 0.3 is 0 Å². The molecular weight excluding hydrogens is 725 g/mol. The summed E-state index contributed by atoms with van der Waals surface area (Å²) in [6, 6.07) is 17.6. The first kappa shape index (κ1) is 40.0. The molecule has 0 unspecified atom stereocenters. The van der Waals surface area contributed by atoms with E-state index in [0.29, 0.717) is 64.2 Å². The van der Waals surface area contributed by atoms with Crippen LogP contribution in [0.1, 0.15) is 77.3 Å². The van der Waals surface area contributed by atoms with Crippen molar-refractivity contribution in [3.05, 3.63) is 102 Å². The molecule has 5 aromatic rings. The zero-order valence-corrected chi connectivity index (χ0v) is 32.9. The summed E-state index contributed by atoms with van der Waals surface area (Å²) in [7, 11) is 5.07. The minimum atomic E-state index is -0.337. The second-order valence-corrected chi connectivity index (χ2v) is 13.5. The number of carbonyl (C=O) groups is 4. The number of aromatic nitrogens is 3.